The van der Waals surface area contributed by atoms with E-state index in [0.717, 1.165) is 12.4 Å². The van der Waals surface area contributed by atoms with Crippen molar-refractivity contribution in [2.75, 3.05) is 28.4 Å². The summed E-state index contributed by atoms with van der Waals surface area (Å²) >= 11 is 3.31. The van der Waals surface area contributed by atoms with Crippen LogP contribution < -0.4 is 9.47 Å². The molecule has 1 saturated heterocycles. The summed E-state index contributed by atoms with van der Waals surface area (Å²) in [5.41, 5.74) is 3.03. The molecule has 2 aromatic heterocycles. The summed E-state index contributed by atoms with van der Waals surface area (Å²) in [4.78, 5) is 31.6. The van der Waals surface area contributed by atoms with E-state index in [1.807, 2.05) is 6.08 Å². The summed E-state index contributed by atoms with van der Waals surface area (Å²) < 4.78 is 59.0. The van der Waals surface area contributed by atoms with Gasteiger partial charge in [0.2, 0.25) is 11.8 Å². The zero-order chi connectivity index (χ0) is 40.2. The lowest BCUT2D eigenvalue weighted by Crippen LogP contribution is -2.41. The van der Waals surface area contributed by atoms with E-state index in [9.17, 15) is 18.4 Å². The van der Waals surface area contributed by atoms with Crippen molar-refractivity contribution in [1.29, 1.82) is 0 Å². The maximum absolute atomic E-state index is 13.9. The molecule has 0 unspecified atom stereocenters. The zero-order valence-corrected chi connectivity index (χ0v) is 33.2. The highest BCUT2D eigenvalue weighted by atomic mass is 79.9. The van der Waals surface area contributed by atoms with Crippen LogP contribution in [0.25, 0.3) is 22.3 Å². The number of hydrogen-bond donors (Lipinski definition) is 0. The zero-order valence-electron chi connectivity index (χ0n) is 31.6. The molecular formula is C40H44BBrF2N2O8. The van der Waals surface area contributed by atoms with Gasteiger partial charge < -0.3 is 28.3 Å². The van der Waals surface area contributed by atoms with Gasteiger partial charge in [-0.25, -0.2) is 28.3 Å². The van der Waals surface area contributed by atoms with Crippen molar-refractivity contribution < 1.29 is 46.6 Å². The number of carbonyl (C=O) groups is 2. The van der Waals surface area contributed by atoms with Crippen molar-refractivity contribution in [2.45, 2.75) is 51.6 Å². The van der Waals surface area contributed by atoms with Gasteiger partial charge in [0.05, 0.1) is 50.8 Å². The molecule has 0 N–H and O–H groups in total. The lowest BCUT2D eigenvalue weighted by Gasteiger charge is -2.32. The van der Waals surface area contributed by atoms with Crippen LogP contribution in [0.2, 0.25) is 6.32 Å². The fourth-order valence-electron chi connectivity index (χ4n) is 5.18. The van der Waals surface area contributed by atoms with Gasteiger partial charge in [-0.1, -0.05) is 12.2 Å². The van der Waals surface area contributed by atoms with E-state index in [-0.39, 0.29) is 29.4 Å². The van der Waals surface area contributed by atoms with E-state index in [4.69, 9.17) is 23.5 Å². The van der Waals surface area contributed by atoms with Gasteiger partial charge in [0.25, 0.3) is 0 Å². The molecule has 0 amide bonds. The standard InChI is InChI=1S/C17H16FNO3.C14H11BrFNO3.C9H17BO2/c1-4-5-13-14(11-6-7-19-16(8-11)21-2)9-12(18)10-15(13)17(20)22-3;1-19-12-5-8(3-4-17-12)10-6-9(16)7-11(13(10)15)14(18)20-2;1-6-7-10-11-8(2,3)9(4,5)12-10/h4,6-10H,1,5H2,2-3H3;3-7H,1-2H3;6H,1,7H2,2-5H3. The van der Waals surface area contributed by atoms with Crippen LogP contribution in [0, 0.1) is 11.6 Å². The van der Waals surface area contributed by atoms with Crippen LogP contribution in [0.4, 0.5) is 8.78 Å². The first-order chi connectivity index (χ1) is 25.6. The number of ether oxygens (including phenoxy) is 4. The Kier molecular flexibility index (Phi) is 15.6. The highest BCUT2D eigenvalue weighted by Crippen LogP contribution is 2.38. The number of carbonyl (C=O) groups excluding carboxylic acids is 2. The van der Waals surface area contributed by atoms with Gasteiger partial charge in [0.15, 0.2) is 0 Å². The third-order valence-electron chi connectivity index (χ3n) is 8.58. The Balaban J connectivity index is 0.000000227. The summed E-state index contributed by atoms with van der Waals surface area (Å²) in [5, 5.41) is 0. The molecule has 286 valence electrons. The molecule has 0 radical (unpaired) electrons. The molecule has 0 aliphatic carbocycles. The van der Waals surface area contributed by atoms with Crippen LogP contribution in [-0.2, 0) is 25.2 Å². The summed E-state index contributed by atoms with van der Waals surface area (Å²) in [7, 11) is 5.39. The first kappa shape index (κ1) is 43.5. The van der Waals surface area contributed by atoms with Crippen LogP contribution >= 0.6 is 15.9 Å². The van der Waals surface area contributed by atoms with Gasteiger partial charge in [0.1, 0.15) is 11.6 Å². The molecule has 2 aromatic carbocycles. The van der Waals surface area contributed by atoms with Crippen LogP contribution in [0.3, 0.4) is 0 Å². The molecule has 1 fully saturated rings. The van der Waals surface area contributed by atoms with Crippen molar-refractivity contribution in [1.82, 2.24) is 9.97 Å². The Morgan fingerprint density at radius 2 is 1.22 bits per heavy atom. The fraction of sp³-hybridized carbons (Fsp3) is 0.300. The highest BCUT2D eigenvalue weighted by Gasteiger charge is 2.50. The van der Waals surface area contributed by atoms with Crippen molar-refractivity contribution in [3.63, 3.8) is 0 Å². The number of pyridine rings is 2. The fourth-order valence-corrected chi connectivity index (χ4v) is 5.80. The molecule has 14 heteroatoms. The number of rotatable bonds is 10. The molecule has 4 aromatic rings. The minimum atomic E-state index is -0.612. The van der Waals surface area contributed by atoms with E-state index in [0.29, 0.717) is 50.5 Å². The second-order valence-electron chi connectivity index (χ2n) is 12.7. The predicted molar refractivity (Wildman–Crippen MR) is 208 cm³/mol. The summed E-state index contributed by atoms with van der Waals surface area (Å²) in [6.45, 7) is 15.6. The lowest BCUT2D eigenvalue weighted by molar-refractivity contribution is 0.00578. The number of nitrogens with zero attached hydrogens (tertiary/aromatic N) is 2. The average Bonchev–Trinajstić information content (AvgIpc) is 3.37. The Morgan fingerprint density at radius 3 is 1.69 bits per heavy atom. The number of esters is 2. The molecule has 10 nitrogen and oxygen atoms in total. The number of aromatic nitrogens is 2. The monoisotopic (exact) mass is 808 g/mol. The van der Waals surface area contributed by atoms with Crippen molar-refractivity contribution in [3.05, 3.63) is 119 Å². The van der Waals surface area contributed by atoms with Crippen LogP contribution in [0.1, 0.15) is 54.0 Å². The molecule has 3 heterocycles. The summed E-state index contributed by atoms with van der Waals surface area (Å²) in [5.74, 6) is -1.43. The van der Waals surface area contributed by atoms with Gasteiger partial charge in [-0.15, -0.1) is 13.2 Å². The van der Waals surface area contributed by atoms with E-state index >= 15 is 0 Å². The molecule has 0 atom stereocenters. The second kappa shape index (κ2) is 19.4. The van der Waals surface area contributed by atoms with Gasteiger partial charge in [-0.05, 0) is 114 Å². The van der Waals surface area contributed by atoms with Gasteiger partial charge in [0, 0.05) is 35.3 Å². The van der Waals surface area contributed by atoms with Crippen molar-refractivity contribution >= 4 is 35.0 Å². The predicted octanol–water partition coefficient (Wildman–Crippen LogP) is 9.12. The van der Waals surface area contributed by atoms with E-state index in [2.05, 4.69) is 71.5 Å². The molecule has 1 aliphatic heterocycles. The Bertz CT molecular complexity index is 1960. The number of halogens is 3. The SMILES string of the molecule is C=CCB1OC(C)(C)C(C)(C)O1.C=CCc1c(C(=O)OC)cc(F)cc1-c1ccnc(OC)c1.COC(=O)c1cc(F)cc(-c2ccnc(OC)c2)c1Br. The normalized spacial score (nSPS) is 13.6. The molecule has 5 rings (SSSR count). The molecule has 0 spiro atoms. The average molecular weight is 810 g/mol. The topological polar surface area (TPSA) is 115 Å². The third-order valence-corrected chi connectivity index (χ3v) is 9.44. The number of benzene rings is 2. The van der Waals surface area contributed by atoms with Gasteiger partial charge >= 0.3 is 19.1 Å². The Labute approximate surface area is 323 Å². The minimum Gasteiger partial charge on any atom is -0.481 e. The van der Waals surface area contributed by atoms with Crippen LogP contribution in [0.5, 0.6) is 11.8 Å². The van der Waals surface area contributed by atoms with Crippen molar-refractivity contribution in [2.24, 2.45) is 0 Å². The first-order valence-corrected chi connectivity index (χ1v) is 17.4. The molecule has 0 bridgehead atoms. The maximum atomic E-state index is 13.9. The Morgan fingerprint density at radius 1 is 0.759 bits per heavy atom. The molecule has 54 heavy (non-hydrogen) atoms. The summed E-state index contributed by atoms with van der Waals surface area (Å²) in [6, 6.07) is 11.8. The number of allylic oxidation sites excluding steroid dienone is 2. The quantitative estimate of drug-likeness (QED) is 0.0873. The minimum absolute atomic E-state index is 0.118. The Hall–Kier alpha value is -4.92. The van der Waals surface area contributed by atoms with Gasteiger partial charge in [-0.3, -0.25) is 0 Å². The second-order valence-corrected chi connectivity index (χ2v) is 13.4. The van der Waals surface area contributed by atoms with E-state index < -0.39 is 23.6 Å². The third kappa shape index (κ3) is 10.8. The first-order valence-electron chi connectivity index (χ1n) is 16.6. The van der Waals surface area contributed by atoms with Crippen LogP contribution in [0.15, 0.2) is 90.7 Å². The van der Waals surface area contributed by atoms with Crippen molar-refractivity contribution in [3.8, 4) is 34.0 Å². The van der Waals surface area contributed by atoms with Gasteiger partial charge in [-0.2, -0.15) is 0 Å². The molecular weight excluding hydrogens is 765 g/mol. The maximum Gasteiger partial charge on any atom is 0.461 e. The molecule has 1 aliphatic rings. The largest absolute Gasteiger partial charge is 0.481 e. The smallest absolute Gasteiger partial charge is 0.461 e. The van der Waals surface area contributed by atoms with E-state index in [1.165, 1.54) is 46.6 Å². The lowest BCUT2D eigenvalue weighted by atomic mass is 9.85. The summed E-state index contributed by atoms with van der Waals surface area (Å²) in [6.07, 6.45) is 7.75. The number of hydrogen-bond acceptors (Lipinski definition) is 10. The molecule has 0 saturated carbocycles. The highest BCUT2D eigenvalue weighted by molar-refractivity contribution is 9.10. The van der Waals surface area contributed by atoms with Crippen LogP contribution in [-0.4, -0.2) is 68.7 Å². The number of methoxy groups -OCH3 is 4. The van der Waals surface area contributed by atoms with E-state index in [1.54, 1.807) is 42.7 Å².